The van der Waals surface area contributed by atoms with Crippen molar-refractivity contribution in [1.29, 1.82) is 0 Å². The number of nitrogens with zero attached hydrogens (tertiary/aromatic N) is 4. The van der Waals surface area contributed by atoms with E-state index in [1.807, 2.05) is 55.1 Å². The van der Waals surface area contributed by atoms with Crippen LogP contribution in [-0.4, -0.2) is 51.7 Å². The number of benzene rings is 2. The quantitative estimate of drug-likeness (QED) is 0.388. The fourth-order valence-corrected chi connectivity index (χ4v) is 5.11. The summed E-state index contributed by atoms with van der Waals surface area (Å²) < 4.78 is 7.06. The van der Waals surface area contributed by atoms with Gasteiger partial charge in [0.25, 0.3) is 11.8 Å². The average Bonchev–Trinajstić information content (AvgIpc) is 3.44. The Morgan fingerprint density at radius 1 is 0.974 bits per heavy atom. The molecule has 3 heterocycles. The topological polar surface area (TPSA) is 89.4 Å². The van der Waals surface area contributed by atoms with Crippen LogP contribution in [0.2, 0.25) is 0 Å². The molecule has 0 saturated carbocycles. The lowest BCUT2D eigenvalue weighted by Crippen LogP contribution is -2.38. The summed E-state index contributed by atoms with van der Waals surface area (Å²) in [5.41, 5.74) is 5.86. The first kappa shape index (κ1) is 25.2. The molecule has 8 heteroatoms. The molecule has 1 saturated heterocycles. The van der Waals surface area contributed by atoms with E-state index in [1.165, 1.54) is 5.56 Å². The molecule has 0 atom stereocenters. The predicted octanol–water partition coefficient (Wildman–Crippen LogP) is 5.16. The molecule has 0 aliphatic carbocycles. The summed E-state index contributed by atoms with van der Waals surface area (Å²) in [6, 6.07) is 15.5. The van der Waals surface area contributed by atoms with Gasteiger partial charge in [0, 0.05) is 36.7 Å². The third-order valence-electron chi connectivity index (χ3n) is 7.09. The minimum atomic E-state index is -0.219. The molecule has 0 bridgehead atoms. The molecular weight excluding hydrogens is 478 g/mol. The summed E-state index contributed by atoms with van der Waals surface area (Å²) in [4.78, 5) is 31.9. The molecule has 0 radical (unpaired) electrons. The van der Waals surface area contributed by atoms with Gasteiger partial charge in [-0.15, -0.1) is 0 Å². The van der Waals surface area contributed by atoms with Crippen LogP contribution in [0.5, 0.6) is 5.75 Å². The maximum absolute atomic E-state index is 13.1. The molecule has 5 rings (SSSR count). The lowest BCUT2D eigenvalue weighted by Gasteiger charge is -2.32. The van der Waals surface area contributed by atoms with Gasteiger partial charge >= 0.3 is 0 Å². The van der Waals surface area contributed by atoms with Crippen LogP contribution >= 0.6 is 0 Å². The van der Waals surface area contributed by atoms with E-state index in [1.54, 1.807) is 36.6 Å². The first-order chi connectivity index (χ1) is 18.4. The average molecular weight is 510 g/mol. The van der Waals surface area contributed by atoms with E-state index in [4.69, 9.17) is 4.74 Å². The summed E-state index contributed by atoms with van der Waals surface area (Å²) in [5.74, 6) is 1.06. The second kappa shape index (κ2) is 10.9. The van der Waals surface area contributed by atoms with Crippen LogP contribution in [0.1, 0.15) is 56.2 Å². The largest absolute Gasteiger partial charge is 0.496 e. The van der Waals surface area contributed by atoms with E-state index in [9.17, 15) is 9.59 Å². The lowest BCUT2D eigenvalue weighted by molar-refractivity contribution is 0.0712. The van der Waals surface area contributed by atoms with Crippen molar-refractivity contribution < 1.29 is 14.3 Å². The maximum atomic E-state index is 13.1. The highest BCUT2D eigenvalue weighted by Crippen LogP contribution is 2.31. The summed E-state index contributed by atoms with van der Waals surface area (Å²) in [5, 5.41) is 7.20. The Bertz CT molecular complexity index is 1420. The number of carbonyl (C=O) groups is 2. The van der Waals surface area contributed by atoms with Crippen LogP contribution in [0.4, 0.5) is 5.69 Å². The molecule has 1 aliphatic rings. The number of nitrogens with one attached hydrogen (secondary N) is 1. The molecule has 2 amide bonds. The predicted molar refractivity (Wildman–Crippen MR) is 146 cm³/mol. The molecule has 0 unspecified atom stereocenters. The van der Waals surface area contributed by atoms with Crippen LogP contribution in [0.15, 0.2) is 73.3 Å². The molecule has 194 valence electrons. The van der Waals surface area contributed by atoms with Gasteiger partial charge in [-0.25, -0.2) is 4.68 Å². The SMILES string of the molecule is COc1c(C)cc(C(=O)N2CCC(c3ccc(NC(=O)c4cnn(-c5cccnc5)c4)cc3)CC2)cc1C. The summed E-state index contributed by atoms with van der Waals surface area (Å²) in [6.07, 6.45) is 8.41. The molecule has 1 N–H and O–H groups in total. The van der Waals surface area contributed by atoms with Gasteiger partial charge in [-0.2, -0.15) is 5.10 Å². The minimum absolute atomic E-state index is 0.0715. The van der Waals surface area contributed by atoms with Crippen molar-refractivity contribution in [2.24, 2.45) is 0 Å². The van der Waals surface area contributed by atoms with Crippen LogP contribution < -0.4 is 10.1 Å². The monoisotopic (exact) mass is 509 g/mol. The van der Waals surface area contributed by atoms with Crippen molar-refractivity contribution in [2.75, 3.05) is 25.5 Å². The van der Waals surface area contributed by atoms with Crippen LogP contribution in [0.25, 0.3) is 5.69 Å². The van der Waals surface area contributed by atoms with Crippen molar-refractivity contribution in [3.8, 4) is 11.4 Å². The third-order valence-corrected chi connectivity index (χ3v) is 7.09. The number of amides is 2. The van der Waals surface area contributed by atoms with E-state index in [0.717, 1.165) is 41.1 Å². The summed E-state index contributed by atoms with van der Waals surface area (Å²) in [7, 11) is 1.65. The standard InChI is InChI=1S/C30H31N5O3/c1-20-15-24(16-21(2)28(20)38-3)30(37)34-13-10-23(11-14-34)22-6-8-26(9-7-22)33-29(36)25-17-32-35(19-25)27-5-4-12-31-18-27/h4-9,12,15-19,23H,10-11,13-14H2,1-3H3,(H,33,36). The number of carbonyl (C=O) groups excluding carboxylic acids is 2. The number of rotatable bonds is 6. The zero-order valence-corrected chi connectivity index (χ0v) is 21.8. The lowest BCUT2D eigenvalue weighted by atomic mass is 9.89. The second-order valence-electron chi connectivity index (χ2n) is 9.67. The number of methoxy groups -OCH3 is 1. The normalized spacial score (nSPS) is 13.8. The van der Waals surface area contributed by atoms with Gasteiger partial charge in [0.2, 0.25) is 0 Å². The molecule has 38 heavy (non-hydrogen) atoms. The zero-order valence-electron chi connectivity index (χ0n) is 21.8. The Balaban J connectivity index is 1.17. The number of anilines is 1. The smallest absolute Gasteiger partial charge is 0.258 e. The van der Waals surface area contributed by atoms with Crippen molar-refractivity contribution >= 4 is 17.5 Å². The fourth-order valence-electron chi connectivity index (χ4n) is 5.11. The number of hydrogen-bond donors (Lipinski definition) is 1. The Morgan fingerprint density at radius 3 is 2.32 bits per heavy atom. The number of likely N-dealkylation sites (tertiary alicyclic amines) is 1. The molecule has 1 fully saturated rings. The fraction of sp³-hybridized carbons (Fsp3) is 0.267. The van der Waals surface area contributed by atoms with Crippen LogP contribution in [-0.2, 0) is 0 Å². The third kappa shape index (κ3) is 5.29. The summed E-state index contributed by atoms with van der Waals surface area (Å²) >= 11 is 0. The van der Waals surface area contributed by atoms with E-state index in [0.29, 0.717) is 30.1 Å². The Hall–Kier alpha value is -4.46. The van der Waals surface area contributed by atoms with Crippen molar-refractivity contribution in [2.45, 2.75) is 32.6 Å². The van der Waals surface area contributed by atoms with Gasteiger partial charge in [0.1, 0.15) is 5.75 Å². The van der Waals surface area contributed by atoms with Gasteiger partial charge < -0.3 is 15.0 Å². The number of pyridine rings is 1. The van der Waals surface area contributed by atoms with Gasteiger partial charge in [0.15, 0.2) is 0 Å². The highest BCUT2D eigenvalue weighted by molar-refractivity contribution is 6.04. The highest BCUT2D eigenvalue weighted by atomic mass is 16.5. The first-order valence-corrected chi connectivity index (χ1v) is 12.7. The van der Waals surface area contributed by atoms with E-state index < -0.39 is 0 Å². The molecule has 1 aliphatic heterocycles. The Labute approximate surface area is 222 Å². The summed E-state index contributed by atoms with van der Waals surface area (Å²) in [6.45, 7) is 5.37. The van der Waals surface area contributed by atoms with Crippen molar-refractivity contribution in [3.63, 3.8) is 0 Å². The van der Waals surface area contributed by atoms with Crippen LogP contribution in [0, 0.1) is 13.8 Å². The molecular formula is C30H31N5O3. The molecule has 8 nitrogen and oxygen atoms in total. The second-order valence-corrected chi connectivity index (χ2v) is 9.67. The van der Waals surface area contributed by atoms with E-state index in [2.05, 4.69) is 27.5 Å². The Morgan fingerprint density at radius 2 is 1.68 bits per heavy atom. The molecule has 4 aromatic rings. The highest BCUT2D eigenvalue weighted by Gasteiger charge is 2.25. The molecule has 2 aromatic carbocycles. The Kier molecular flexibility index (Phi) is 7.22. The van der Waals surface area contributed by atoms with Gasteiger partial charge in [-0.1, -0.05) is 12.1 Å². The number of aryl methyl sites for hydroxylation is 2. The number of hydrogen-bond acceptors (Lipinski definition) is 5. The number of piperidine rings is 1. The molecule has 2 aromatic heterocycles. The van der Waals surface area contributed by atoms with E-state index in [-0.39, 0.29) is 11.8 Å². The number of ether oxygens (including phenoxy) is 1. The van der Waals surface area contributed by atoms with Gasteiger partial charge in [-0.3, -0.25) is 14.6 Å². The zero-order chi connectivity index (χ0) is 26.6. The molecule has 0 spiro atoms. The van der Waals surface area contributed by atoms with Crippen molar-refractivity contribution in [1.82, 2.24) is 19.7 Å². The van der Waals surface area contributed by atoms with Crippen molar-refractivity contribution in [3.05, 3.63) is 101 Å². The number of aromatic nitrogens is 3. The maximum Gasteiger partial charge on any atom is 0.258 e. The first-order valence-electron chi connectivity index (χ1n) is 12.7. The minimum Gasteiger partial charge on any atom is -0.496 e. The van der Waals surface area contributed by atoms with Gasteiger partial charge in [-0.05, 0) is 85.7 Å². The van der Waals surface area contributed by atoms with E-state index >= 15 is 0 Å². The van der Waals surface area contributed by atoms with Gasteiger partial charge in [0.05, 0.1) is 30.8 Å². The van der Waals surface area contributed by atoms with Crippen LogP contribution in [0.3, 0.4) is 0 Å².